The number of benzene rings is 1. The van der Waals surface area contributed by atoms with Gasteiger partial charge >= 0.3 is 0 Å². The van der Waals surface area contributed by atoms with Crippen molar-refractivity contribution in [2.75, 3.05) is 13.6 Å². The molecule has 1 saturated carbocycles. The second kappa shape index (κ2) is 4.43. The minimum atomic E-state index is 0.513. The molecule has 96 valence electrons. The topological polar surface area (TPSA) is 17.0 Å². The highest BCUT2D eigenvalue weighted by atomic mass is 14.9. The highest BCUT2D eigenvalue weighted by molar-refractivity contribution is 5.83. The van der Waals surface area contributed by atoms with Crippen molar-refractivity contribution in [3.05, 3.63) is 36.0 Å². The standard InChI is InChI=1S/C16H22N2/c1-17-12-16(8-5-9-16)10-13-11-18(2)15-7-4-3-6-14(13)15/h3-4,6-7,11,17H,5,8-10,12H2,1-2H3. The third-order valence-electron chi connectivity index (χ3n) is 4.51. The van der Waals surface area contributed by atoms with Crippen molar-refractivity contribution in [2.24, 2.45) is 12.5 Å². The van der Waals surface area contributed by atoms with E-state index in [1.165, 1.54) is 42.1 Å². The van der Waals surface area contributed by atoms with Crippen molar-refractivity contribution >= 4 is 10.9 Å². The van der Waals surface area contributed by atoms with E-state index < -0.39 is 0 Å². The average Bonchev–Trinajstić information content (AvgIpc) is 2.65. The van der Waals surface area contributed by atoms with E-state index in [0.717, 1.165) is 6.54 Å². The summed E-state index contributed by atoms with van der Waals surface area (Å²) < 4.78 is 2.26. The molecule has 0 saturated heterocycles. The Bertz CT molecular complexity index is 549. The van der Waals surface area contributed by atoms with Gasteiger partial charge in [0.1, 0.15) is 0 Å². The lowest BCUT2D eigenvalue weighted by molar-refractivity contribution is 0.134. The smallest absolute Gasteiger partial charge is 0.0480 e. The van der Waals surface area contributed by atoms with Gasteiger partial charge < -0.3 is 9.88 Å². The lowest BCUT2D eigenvalue weighted by Crippen LogP contribution is -2.40. The Labute approximate surface area is 109 Å². The molecule has 1 aromatic carbocycles. The van der Waals surface area contributed by atoms with Gasteiger partial charge in [0, 0.05) is 30.7 Å². The van der Waals surface area contributed by atoms with Crippen LogP contribution >= 0.6 is 0 Å². The van der Waals surface area contributed by atoms with Gasteiger partial charge in [-0.05, 0) is 43.4 Å². The summed E-state index contributed by atoms with van der Waals surface area (Å²) in [5.41, 5.74) is 3.38. The minimum Gasteiger partial charge on any atom is -0.350 e. The van der Waals surface area contributed by atoms with Crippen molar-refractivity contribution in [3.63, 3.8) is 0 Å². The third kappa shape index (κ3) is 1.85. The van der Waals surface area contributed by atoms with E-state index in [1.54, 1.807) is 0 Å². The molecule has 0 spiro atoms. The molecule has 0 unspecified atom stereocenters. The molecular weight excluding hydrogens is 220 g/mol. The van der Waals surface area contributed by atoms with Gasteiger partial charge in [-0.25, -0.2) is 0 Å². The fourth-order valence-electron chi connectivity index (χ4n) is 3.44. The van der Waals surface area contributed by atoms with Crippen LogP contribution in [0, 0.1) is 5.41 Å². The Kier molecular flexibility index (Phi) is 2.90. The average molecular weight is 242 g/mol. The van der Waals surface area contributed by atoms with Crippen molar-refractivity contribution in [1.82, 2.24) is 9.88 Å². The molecule has 1 heterocycles. The summed E-state index contributed by atoms with van der Waals surface area (Å²) in [6.07, 6.45) is 7.68. The molecule has 1 N–H and O–H groups in total. The van der Waals surface area contributed by atoms with Crippen LogP contribution in [0.15, 0.2) is 30.5 Å². The maximum atomic E-state index is 3.38. The Hall–Kier alpha value is -1.28. The van der Waals surface area contributed by atoms with E-state index in [1.807, 2.05) is 0 Å². The van der Waals surface area contributed by atoms with Crippen LogP contribution in [0.2, 0.25) is 0 Å². The van der Waals surface area contributed by atoms with Crippen LogP contribution in [0.3, 0.4) is 0 Å². The second-order valence-corrected chi connectivity index (χ2v) is 5.84. The quantitative estimate of drug-likeness (QED) is 0.871. The van der Waals surface area contributed by atoms with Gasteiger partial charge in [0.2, 0.25) is 0 Å². The van der Waals surface area contributed by atoms with Crippen molar-refractivity contribution < 1.29 is 0 Å². The molecule has 0 radical (unpaired) electrons. The van der Waals surface area contributed by atoms with Crippen LogP contribution in [0.5, 0.6) is 0 Å². The van der Waals surface area contributed by atoms with Gasteiger partial charge in [-0.15, -0.1) is 0 Å². The van der Waals surface area contributed by atoms with Gasteiger partial charge in [-0.2, -0.15) is 0 Å². The van der Waals surface area contributed by atoms with E-state index in [0.29, 0.717) is 5.41 Å². The zero-order valence-corrected chi connectivity index (χ0v) is 11.4. The molecule has 2 heteroatoms. The highest BCUT2D eigenvalue weighted by Crippen LogP contribution is 2.44. The lowest BCUT2D eigenvalue weighted by atomic mass is 9.65. The maximum Gasteiger partial charge on any atom is 0.0480 e. The molecule has 0 aliphatic heterocycles. The van der Waals surface area contributed by atoms with Crippen molar-refractivity contribution in [2.45, 2.75) is 25.7 Å². The van der Waals surface area contributed by atoms with Crippen LogP contribution in [0.1, 0.15) is 24.8 Å². The summed E-state index contributed by atoms with van der Waals surface area (Å²) in [6.45, 7) is 1.15. The molecule has 1 aromatic heterocycles. The zero-order valence-electron chi connectivity index (χ0n) is 11.4. The molecule has 0 amide bonds. The molecular formula is C16H22N2. The first-order valence-electron chi connectivity index (χ1n) is 6.92. The number of rotatable bonds is 4. The first-order chi connectivity index (χ1) is 8.74. The Morgan fingerprint density at radius 3 is 2.72 bits per heavy atom. The summed E-state index contributed by atoms with van der Waals surface area (Å²) >= 11 is 0. The minimum absolute atomic E-state index is 0.513. The van der Waals surface area contributed by atoms with Gasteiger partial charge in [-0.3, -0.25) is 0 Å². The third-order valence-corrected chi connectivity index (χ3v) is 4.51. The first-order valence-corrected chi connectivity index (χ1v) is 6.92. The normalized spacial score (nSPS) is 17.9. The highest BCUT2D eigenvalue weighted by Gasteiger charge is 2.36. The Balaban J connectivity index is 1.95. The van der Waals surface area contributed by atoms with Crippen LogP contribution in [0.25, 0.3) is 10.9 Å². The number of hydrogen-bond acceptors (Lipinski definition) is 1. The van der Waals surface area contributed by atoms with E-state index >= 15 is 0 Å². The van der Waals surface area contributed by atoms with Gasteiger partial charge in [-0.1, -0.05) is 24.6 Å². The summed E-state index contributed by atoms with van der Waals surface area (Å²) in [7, 11) is 4.22. The Morgan fingerprint density at radius 2 is 2.06 bits per heavy atom. The number of hydrogen-bond donors (Lipinski definition) is 1. The predicted molar refractivity (Wildman–Crippen MR) is 76.8 cm³/mol. The zero-order chi connectivity index (χ0) is 12.6. The van der Waals surface area contributed by atoms with E-state index in [4.69, 9.17) is 0 Å². The van der Waals surface area contributed by atoms with E-state index in [2.05, 4.69) is 54.4 Å². The van der Waals surface area contributed by atoms with Crippen LogP contribution in [-0.2, 0) is 13.5 Å². The second-order valence-electron chi connectivity index (χ2n) is 5.84. The SMILES string of the molecule is CNCC1(Cc2cn(C)c3ccccc23)CCC1. The monoisotopic (exact) mass is 242 g/mol. The van der Waals surface area contributed by atoms with Crippen LogP contribution in [0.4, 0.5) is 0 Å². The van der Waals surface area contributed by atoms with Crippen molar-refractivity contribution in [1.29, 1.82) is 0 Å². The molecule has 1 aliphatic rings. The van der Waals surface area contributed by atoms with Gasteiger partial charge in [0.05, 0.1) is 0 Å². The van der Waals surface area contributed by atoms with Crippen molar-refractivity contribution in [3.8, 4) is 0 Å². The van der Waals surface area contributed by atoms with E-state index in [9.17, 15) is 0 Å². The number of aromatic nitrogens is 1. The Morgan fingerprint density at radius 1 is 1.28 bits per heavy atom. The van der Waals surface area contributed by atoms with E-state index in [-0.39, 0.29) is 0 Å². The first kappa shape index (κ1) is 11.8. The summed E-state index contributed by atoms with van der Waals surface area (Å²) in [6, 6.07) is 8.75. The number of para-hydroxylation sites is 1. The van der Waals surface area contributed by atoms with Crippen LogP contribution < -0.4 is 5.32 Å². The molecule has 2 nitrogen and oxygen atoms in total. The van der Waals surface area contributed by atoms with Crippen LogP contribution in [-0.4, -0.2) is 18.2 Å². The summed E-state index contributed by atoms with van der Waals surface area (Å²) in [5, 5.41) is 4.81. The number of nitrogens with zero attached hydrogens (tertiary/aromatic N) is 1. The lowest BCUT2D eigenvalue weighted by Gasteiger charge is -2.42. The predicted octanol–water partition coefficient (Wildman–Crippen LogP) is 3.11. The molecule has 18 heavy (non-hydrogen) atoms. The molecule has 0 bridgehead atoms. The van der Waals surface area contributed by atoms with Gasteiger partial charge in [0.25, 0.3) is 0 Å². The molecule has 0 atom stereocenters. The molecule has 3 rings (SSSR count). The molecule has 2 aromatic rings. The molecule has 1 fully saturated rings. The number of nitrogens with one attached hydrogen (secondary N) is 1. The fraction of sp³-hybridized carbons (Fsp3) is 0.500. The number of aryl methyl sites for hydroxylation is 1. The summed E-state index contributed by atoms with van der Waals surface area (Å²) in [5.74, 6) is 0. The largest absolute Gasteiger partial charge is 0.350 e. The molecule has 1 aliphatic carbocycles. The number of fused-ring (bicyclic) bond motifs is 1. The maximum absolute atomic E-state index is 3.38. The van der Waals surface area contributed by atoms with Gasteiger partial charge in [0.15, 0.2) is 0 Å². The summed E-state index contributed by atoms with van der Waals surface area (Å²) in [4.78, 5) is 0. The fourth-order valence-corrected chi connectivity index (χ4v) is 3.44.